The number of carbonyl (C=O) groups is 2. The summed E-state index contributed by atoms with van der Waals surface area (Å²) in [4.78, 5) is 40.4. The van der Waals surface area contributed by atoms with Gasteiger partial charge in [0.2, 0.25) is 0 Å². The number of benzene rings is 1. The molecule has 0 fully saturated rings. The van der Waals surface area contributed by atoms with Crippen LogP contribution in [0.2, 0.25) is 0 Å². The van der Waals surface area contributed by atoms with Crippen LogP contribution in [0.3, 0.4) is 0 Å². The van der Waals surface area contributed by atoms with Crippen molar-refractivity contribution in [3.8, 4) is 11.5 Å². The highest BCUT2D eigenvalue weighted by Gasteiger charge is 2.44. The molecule has 5 aliphatic heterocycles. The number of hydrogen-bond acceptors (Lipinski definition) is 11. The maximum Gasteiger partial charge on any atom is 0.305 e. The second kappa shape index (κ2) is 15.6. The Morgan fingerprint density at radius 1 is 0.727 bits per heavy atom. The molecule has 1 aromatic rings. The molecule has 5 heterocycles. The van der Waals surface area contributed by atoms with Crippen molar-refractivity contribution in [3.05, 3.63) is 110 Å². The number of nitrogens with one attached hydrogen (secondary N) is 1. The summed E-state index contributed by atoms with van der Waals surface area (Å²) in [7, 11) is 6.01. The number of fused-ring (bicyclic) bond motifs is 5. The first-order valence-electron chi connectivity index (χ1n) is 18.7. The fourth-order valence-corrected chi connectivity index (χ4v) is 7.76. The Morgan fingerprint density at radius 3 is 1.89 bits per heavy atom. The van der Waals surface area contributed by atoms with Gasteiger partial charge in [-0.1, -0.05) is 13.8 Å². The second-order valence-corrected chi connectivity index (χ2v) is 14.3. The van der Waals surface area contributed by atoms with E-state index in [4.69, 9.17) is 33.9 Å². The zero-order chi connectivity index (χ0) is 39.8. The average molecular weight is 747 g/mol. The van der Waals surface area contributed by atoms with Crippen LogP contribution < -0.4 is 14.8 Å². The Hall–Kier alpha value is -5.71. The molecule has 0 saturated carbocycles. The molecule has 11 nitrogen and oxygen atoms in total. The van der Waals surface area contributed by atoms with Gasteiger partial charge in [0, 0.05) is 30.2 Å². The molecule has 1 atom stereocenters. The molecule has 8 bridgehead atoms. The number of rotatable bonds is 11. The smallest absolute Gasteiger partial charge is 0.305 e. The van der Waals surface area contributed by atoms with E-state index < -0.39 is 5.41 Å². The molecule has 55 heavy (non-hydrogen) atoms. The SMILES string of the molecule is CCC1=C(C)C2=NC1=CC1=NC(=CC3=NC(=CC4=C(O)C(C)(CC)C(=C2c2cc(OC)cc(OC)c2)N4)C(C)=C3CCC(=O)OC)C(CCC(=O)OC)=C1C. The topological polar surface area (TPSA) is 140 Å². The molecule has 1 unspecified atom stereocenters. The number of esters is 2. The van der Waals surface area contributed by atoms with E-state index in [-0.39, 0.29) is 30.5 Å². The summed E-state index contributed by atoms with van der Waals surface area (Å²) < 4.78 is 21.5. The van der Waals surface area contributed by atoms with Gasteiger partial charge < -0.3 is 29.4 Å². The molecule has 1 aromatic carbocycles. The van der Waals surface area contributed by atoms with E-state index >= 15 is 0 Å². The first-order valence-corrected chi connectivity index (χ1v) is 18.7. The summed E-state index contributed by atoms with van der Waals surface area (Å²) in [6.45, 7) is 12.3. The van der Waals surface area contributed by atoms with E-state index in [2.05, 4.69) is 26.1 Å². The zero-order valence-electron chi connectivity index (χ0n) is 33.4. The maximum atomic E-state index is 12.4. The van der Waals surface area contributed by atoms with Crippen molar-refractivity contribution in [1.82, 2.24) is 5.32 Å². The number of aliphatic hydroxyl groups is 1. The van der Waals surface area contributed by atoms with Crippen LogP contribution in [-0.2, 0) is 19.1 Å². The summed E-state index contributed by atoms with van der Waals surface area (Å²) >= 11 is 0. The van der Waals surface area contributed by atoms with Gasteiger partial charge in [-0.3, -0.25) is 9.59 Å². The lowest BCUT2D eigenvalue weighted by Crippen LogP contribution is -2.25. The molecule has 0 aliphatic carbocycles. The number of carbonyl (C=O) groups excluding carboxylic acids is 2. The fourth-order valence-electron chi connectivity index (χ4n) is 7.76. The molecule has 288 valence electrons. The van der Waals surface area contributed by atoms with E-state index in [1.54, 1.807) is 14.2 Å². The van der Waals surface area contributed by atoms with Gasteiger partial charge in [-0.05, 0) is 123 Å². The summed E-state index contributed by atoms with van der Waals surface area (Å²) in [5, 5.41) is 15.8. The summed E-state index contributed by atoms with van der Waals surface area (Å²) in [5.74, 6) is 0.768. The van der Waals surface area contributed by atoms with Crippen LogP contribution in [0.15, 0.2) is 119 Å². The van der Waals surface area contributed by atoms with Crippen molar-refractivity contribution in [2.75, 3.05) is 28.4 Å². The van der Waals surface area contributed by atoms with Crippen LogP contribution in [0.25, 0.3) is 5.57 Å². The van der Waals surface area contributed by atoms with Gasteiger partial charge >= 0.3 is 11.9 Å². The Labute approximate surface area is 323 Å². The standard InChI is InChI=1S/C44H50N4O7/c1-11-29-25(5)41-40(26-17-27(52-7)19-28(18-26)53-8)42-44(6,12-2)43(51)37(48-42)21-33-24(4)31(14-16-39(50)55-10)36(46-33)22-35-30(13-15-38(49)54-9)23(3)32(45-35)20-34(29)47-41/h17-22,48,51H,11-16H2,1-10H3. The molecule has 0 spiro atoms. The number of ether oxygens (including phenoxy) is 4. The van der Waals surface area contributed by atoms with Crippen LogP contribution in [0.5, 0.6) is 11.5 Å². The van der Waals surface area contributed by atoms with Crippen LogP contribution in [0, 0.1) is 5.41 Å². The molecule has 0 amide bonds. The quantitative estimate of drug-likeness (QED) is 0.215. The van der Waals surface area contributed by atoms with Crippen molar-refractivity contribution in [2.45, 2.75) is 80.1 Å². The maximum absolute atomic E-state index is 12.4. The Kier molecular flexibility index (Phi) is 11.0. The van der Waals surface area contributed by atoms with Crippen molar-refractivity contribution >= 4 is 34.6 Å². The van der Waals surface area contributed by atoms with Crippen molar-refractivity contribution < 1.29 is 33.6 Å². The van der Waals surface area contributed by atoms with Crippen LogP contribution in [0.4, 0.5) is 0 Å². The van der Waals surface area contributed by atoms with Gasteiger partial charge in [-0.15, -0.1) is 0 Å². The summed E-state index contributed by atoms with van der Waals surface area (Å²) in [6, 6.07) is 5.76. The molecule has 6 rings (SSSR count). The van der Waals surface area contributed by atoms with Gasteiger partial charge in [0.15, 0.2) is 0 Å². The fraction of sp³-hybridized carbons (Fsp3) is 0.386. The number of aliphatic hydroxyl groups excluding tert-OH is 1. The lowest BCUT2D eigenvalue weighted by atomic mass is 9.78. The van der Waals surface area contributed by atoms with Crippen molar-refractivity contribution in [1.29, 1.82) is 0 Å². The molecule has 0 radical (unpaired) electrons. The van der Waals surface area contributed by atoms with Gasteiger partial charge in [-0.25, -0.2) is 15.0 Å². The molecular weight excluding hydrogens is 697 g/mol. The third kappa shape index (κ3) is 7.03. The molecule has 5 aliphatic rings. The largest absolute Gasteiger partial charge is 0.509 e. The highest BCUT2D eigenvalue weighted by Crippen LogP contribution is 2.49. The Bertz CT molecular complexity index is 2210. The minimum Gasteiger partial charge on any atom is -0.509 e. The number of allylic oxidation sites excluding steroid dienone is 10. The van der Waals surface area contributed by atoms with Crippen LogP contribution in [0.1, 0.15) is 85.6 Å². The van der Waals surface area contributed by atoms with Gasteiger partial charge in [-0.2, -0.15) is 0 Å². The van der Waals surface area contributed by atoms with E-state index in [1.165, 1.54) is 14.2 Å². The number of nitrogens with zero attached hydrogens (tertiary/aromatic N) is 3. The summed E-state index contributed by atoms with van der Waals surface area (Å²) in [6.07, 6.45) is 8.26. The number of methoxy groups -OCH3 is 4. The van der Waals surface area contributed by atoms with Crippen molar-refractivity contribution in [2.24, 2.45) is 20.4 Å². The van der Waals surface area contributed by atoms with Gasteiger partial charge in [0.1, 0.15) is 17.3 Å². The van der Waals surface area contributed by atoms with Crippen LogP contribution in [-0.4, -0.2) is 62.6 Å². The highest BCUT2D eigenvalue weighted by atomic mass is 16.5. The van der Waals surface area contributed by atoms with E-state index in [9.17, 15) is 14.7 Å². The summed E-state index contributed by atoms with van der Waals surface area (Å²) in [5.41, 5.74) is 12.0. The second-order valence-electron chi connectivity index (χ2n) is 14.3. The molecule has 2 N–H and O–H groups in total. The van der Waals surface area contributed by atoms with Gasteiger partial charge in [0.25, 0.3) is 0 Å². The van der Waals surface area contributed by atoms with E-state index in [0.29, 0.717) is 60.0 Å². The Balaban J connectivity index is 1.69. The average Bonchev–Trinajstić information content (AvgIpc) is 3.84. The zero-order valence-corrected chi connectivity index (χ0v) is 33.4. The normalized spacial score (nSPS) is 20.6. The minimum absolute atomic E-state index is 0.162. The number of aliphatic imine (C=N–C) groups is 3. The lowest BCUT2D eigenvalue weighted by molar-refractivity contribution is -0.141. The minimum atomic E-state index is -0.830. The molecule has 0 aromatic heterocycles. The highest BCUT2D eigenvalue weighted by molar-refractivity contribution is 6.34. The predicted octanol–water partition coefficient (Wildman–Crippen LogP) is 8.50. The Morgan fingerprint density at radius 2 is 1.31 bits per heavy atom. The number of hydrogen-bond donors (Lipinski definition) is 2. The van der Waals surface area contributed by atoms with Crippen molar-refractivity contribution in [3.63, 3.8) is 0 Å². The third-order valence-electron chi connectivity index (χ3n) is 11.3. The van der Waals surface area contributed by atoms with E-state index in [1.807, 2.05) is 57.2 Å². The van der Waals surface area contributed by atoms with Gasteiger partial charge in [0.05, 0.1) is 73.8 Å². The monoisotopic (exact) mass is 746 g/mol. The first kappa shape index (κ1) is 39.0. The predicted molar refractivity (Wildman–Crippen MR) is 215 cm³/mol. The van der Waals surface area contributed by atoms with Crippen LogP contribution >= 0.6 is 0 Å². The third-order valence-corrected chi connectivity index (χ3v) is 11.3. The molecule has 11 heteroatoms. The van der Waals surface area contributed by atoms with E-state index in [0.717, 1.165) is 67.4 Å². The molecular formula is C44H50N4O7. The first-order chi connectivity index (χ1) is 26.3. The molecule has 0 saturated heterocycles. The lowest BCUT2D eigenvalue weighted by Gasteiger charge is -2.28.